The molecule has 4 nitrogen and oxygen atoms in total. The van der Waals surface area contributed by atoms with Crippen LogP contribution in [0.25, 0.3) is 0 Å². The molecule has 0 fully saturated rings. The van der Waals surface area contributed by atoms with Gasteiger partial charge in [-0.25, -0.2) is 8.78 Å². The van der Waals surface area contributed by atoms with E-state index in [0.29, 0.717) is 12.3 Å². The molecule has 1 aliphatic carbocycles. The highest BCUT2D eigenvalue weighted by Gasteiger charge is 2.33. The monoisotopic (exact) mass is 392 g/mol. The minimum Gasteiger partial charge on any atom is -0.365 e. The largest absolute Gasteiger partial charge is 0.365 e. The average Bonchev–Trinajstić information content (AvgIpc) is 2.90. The number of primary amides is 1. The lowest BCUT2D eigenvalue weighted by molar-refractivity contribution is 0.1000. The van der Waals surface area contributed by atoms with Crippen LogP contribution in [-0.4, -0.2) is 11.8 Å². The third-order valence-electron chi connectivity index (χ3n) is 5.15. The maximum Gasteiger partial charge on any atom is 0.262 e. The quantitative estimate of drug-likeness (QED) is 0.806. The predicted molar refractivity (Wildman–Crippen MR) is 102 cm³/mol. The fourth-order valence-corrected chi connectivity index (χ4v) is 4.88. The van der Waals surface area contributed by atoms with Gasteiger partial charge in [0.25, 0.3) is 11.8 Å². The Bertz CT molecular complexity index is 895. The predicted octanol–water partition coefficient (Wildman–Crippen LogP) is 4.53. The molecule has 7 heteroatoms. The molecular weight excluding hydrogens is 370 g/mol. The van der Waals surface area contributed by atoms with Crippen LogP contribution in [0.2, 0.25) is 0 Å². The number of benzene rings is 1. The van der Waals surface area contributed by atoms with Gasteiger partial charge in [-0.2, -0.15) is 0 Å². The summed E-state index contributed by atoms with van der Waals surface area (Å²) >= 11 is 1.27. The molecule has 0 unspecified atom stereocenters. The summed E-state index contributed by atoms with van der Waals surface area (Å²) < 4.78 is 27.8. The Hall–Kier alpha value is -2.28. The number of hydrogen-bond acceptors (Lipinski definition) is 3. The van der Waals surface area contributed by atoms with Gasteiger partial charge in [-0.3, -0.25) is 9.59 Å². The van der Waals surface area contributed by atoms with E-state index in [2.05, 4.69) is 26.1 Å². The Morgan fingerprint density at radius 2 is 1.81 bits per heavy atom. The number of nitrogens with one attached hydrogen (secondary N) is 1. The van der Waals surface area contributed by atoms with Crippen molar-refractivity contribution in [2.45, 2.75) is 40.0 Å². The maximum atomic E-state index is 13.9. The lowest BCUT2D eigenvalue weighted by Gasteiger charge is -2.33. The Morgan fingerprint density at radius 3 is 2.37 bits per heavy atom. The highest BCUT2D eigenvalue weighted by atomic mass is 32.1. The number of rotatable bonds is 3. The molecule has 27 heavy (non-hydrogen) atoms. The van der Waals surface area contributed by atoms with E-state index in [1.807, 2.05) is 0 Å². The number of hydrogen-bond donors (Lipinski definition) is 2. The van der Waals surface area contributed by atoms with E-state index < -0.39 is 29.0 Å². The molecule has 0 aliphatic heterocycles. The number of amides is 2. The van der Waals surface area contributed by atoms with E-state index in [0.717, 1.165) is 35.4 Å². The van der Waals surface area contributed by atoms with E-state index in [4.69, 9.17) is 5.73 Å². The zero-order chi connectivity index (χ0) is 19.9. The van der Waals surface area contributed by atoms with Gasteiger partial charge in [0, 0.05) is 4.88 Å². The van der Waals surface area contributed by atoms with Gasteiger partial charge >= 0.3 is 0 Å². The summed E-state index contributed by atoms with van der Waals surface area (Å²) in [5.74, 6) is -3.05. The Kier molecular flexibility index (Phi) is 5.08. The Morgan fingerprint density at radius 1 is 1.19 bits per heavy atom. The summed E-state index contributed by atoms with van der Waals surface area (Å²) in [7, 11) is 0. The summed E-state index contributed by atoms with van der Waals surface area (Å²) in [6.45, 7) is 6.53. The van der Waals surface area contributed by atoms with Crippen LogP contribution < -0.4 is 11.1 Å². The second kappa shape index (κ2) is 7.03. The molecular formula is C20H22F2N2O2S. The molecule has 1 aliphatic rings. The number of anilines is 1. The number of halogens is 2. The molecule has 3 rings (SSSR count). The summed E-state index contributed by atoms with van der Waals surface area (Å²) in [6, 6.07) is 3.22. The fourth-order valence-electron chi connectivity index (χ4n) is 3.55. The molecule has 0 radical (unpaired) electrons. The zero-order valence-electron chi connectivity index (χ0n) is 15.5. The first kappa shape index (κ1) is 19.5. The van der Waals surface area contributed by atoms with Crippen LogP contribution in [0.3, 0.4) is 0 Å². The van der Waals surface area contributed by atoms with Crippen molar-refractivity contribution in [2.75, 3.05) is 5.32 Å². The number of carbonyl (C=O) groups excluding carboxylic acids is 2. The van der Waals surface area contributed by atoms with Crippen LogP contribution in [0.5, 0.6) is 0 Å². The van der Waals surface area contributed by atoms with Crippen molar-refractivity contribution in [3.63, 3.8) is 0 Å². The minimum absolute atomic E-state index is 0.119. The number of nitrogens with two attached hydrogens (primary N) is 1. The molecule has 3 N–H and O–H groups in total. The van der Waals surface area contributed by atoms with Crippen LogP contribution >= 0.6 is 11.3 Å². The van der Waals surface area contributed by atoms with E-state index >= 15 is 0 Å². The Balaban J connectivity index is 1.96. The number of carbonyl (C=O) groups is 2. The van der Waals surface area contributed by atoms with E-state index in [1.165, 1.54) is 17.4 Å². The highest BCUT2D eigenvalue weighted by molar-refractivity contribution is 7.17. The molecule has 1 atom stereocenters. The van der Waals surface area contributed by atoms with E-state index in [9.17, 15) is 18.4 Å². The third-order valence-corrected chi connectivity index (χ3v) is 6.32. The van der Waals surface area contributed by atoms with Gasteiger partial charge in [0.05, 0.1) is 5.56 Å². The van der Waals surface area contributed by atoms with Gasteiger partial charge in [-0.1, -0.05) is 26.8 Å². The molecule has 1 heterocycles. The molecule has 144 valence electrons. The average molecular weight is 392 g/mol. The third kappa shape index (κ3) is 3.74. The fraction of sp³-hybridized carbons (Fsp3) is 0.400. The first-order valence-corrected chi connectivity index (χ1v) is 9.61. The standard InChI is InChI=1S/C20H22F2N2O2S/c1-20(2,3)10-7-8-11-14(9-10)27-19(15(11)17(23)25)24-18(26)16-12(21)5-4-6-13(16)22/h4-6,10H,7-9H2,1-3H3,(H2,23,25)(H,24,26)/t10-/m0/s1. The van der Waals surface area contributed by atoms with Crippen LogP contribution in [0.4, 0.5) is 13.8 Å². The van der Waals surface area contributed by atoms with Crippen molar-refractivity contribution in [1.29, 1.82) is 0 Å². The lowest BCUT2D eigenvalue weighted by Crippen LogP contribution is -2.27. The highest BCUT2D eigenvalue weighted by Crippen LogP contribution is 2.44. The van der Waals surface area contributed by atoms with Crippen molar-refractivity contribution < 1.29 is 18.4 Å². The molecule has 0 saturated carbocycles. The molecule has 0 bridgehead atoms. The molecule has 0 saturated heterocycles. The molecule has 2 amide bonds. The molecule has 2 aromatic rings. The second-order valence-corrected chi connectivity index (χ2v) is 9.03. The van der Waals surface area contributed by atoms with Gasteiger partial charge in [-0.15, -0.1) is 11.3 Å². The molecule has 1 aromatic heterocycles. The molecule has 0 spiro atoms. The SMILES string of the molecule is CC(C)(C)[C@H]1CCc2c(sc(NC(=O)c3c(F)cccc3F)c2C(N)=O)C1. The van der Waals surface area contributed by atoms with Gasteiger partial charge in [0.2, 0.25) is 0 Å². The number of thiophene rings is 1. The molecule has 1 aromatic carbocycles. The van der Waals surface area contributed by atoms with Gasteiger partial charge in [-0.05, 0) is 48.3 Å². The summed E-state index contributed by atoms with van der Waals surface area (Å²) in [5, 5.41) is 2.76. The van der Waals surface area contributed by atoms with Crippen molar-refractivity contribution in [3.8, 4) is 0 Å². The van der Waals surface area contributed by atoms with Gasteiger partial charge in [0.15, 0.2) is 0 Å². The van der Waals surface area contributed by atoms with Crippen molar-refractivity contribution in [2.24, 2.45) is 17.1 Å². The first-order valence-electron chi connectivity index (χ1n) is 8.79. The second-order valence-electron chi connectivity index (χ2n) is 7.93. The van der Waals surface area contributed by atoms with Crippen LogP contribution in [0, 0.1) is 23.0 Å². The summed E-state index contributed by atoms with van der Waals surface area (Å²) in [5.41, 5.74) is 6.09. The van der Waals surface area contributed by atoms with Gasteiger partial charge < -0.3 is 11.1 Å². The van der Waals surface area contributed by atoms with Crippen LogP contribution in [-0.2, 0) is 12.8 Å². The Labute approximate surface area is 160 Å². The number of fused-ring (bicyclic) bond motifs is 1. The first-order chi connectivity index (χ1) is 12.6. The summed E-state index contributed by atoms with van der Waals surface area (Å²) in [6.07, 6.45) is 2.40. The minimum atomic E-state index is -0.956. The van der Waals surface area contributed by atoms with Crippen molar-refractivity contribution in [1.82, 2.24) is 0 Å². The van der Waals surface area contributed by atoms with Gasteiger partial charge in [0.1, 0.15) is 22.2 Å². The van der Waals surface area contributed by atoms with Crippen molar-refractivity contribution >= 4 is 28.2 Å². The maximum absolute atomic E-state index is 13.9. The topological polar surface area (TPSA) is 72.2 Å². The van der Waals surface area contributed by atoms with Crippen LogP contribution in [0.15, 0.2) is 18.2 Å². The van der Waals surface area contributed by atoms with Crippen molar-refractivity contribution in [3.05, 3.63) is 51.4 Å². The van der Waals surface area contributed by atoms with Crippen LogP contribution in [0.1, 0.15) is 58.3 Å². The lowest BCUT2D eigenvalue weighted by atomic mass is 9.72. The summed E-state index contributed by atoms with van der Waals surface area (Å²) in [4.78, 5) is 25.4. The zero-order valence-corrected chi connectivity index (χ0v) is 16.3. The normalized spacial score (nSPS) is 16.7. The van der Waals surface area contributed by atoms with E-state index in [1.54, 1.807) is 0 Å². The smallest absolute Gasteiger partial charge is 0.262 e. The van der Waals surface area contributed by atoms with E-state index in [-0.39, 0.29) is 16.0 Å².